The van der Waals surface area contributed by atoms with Crippen molar-refractivity contribution < 1.29 is 44.6 Å². The molecule has 1 aliphatic rings. The third kappa shape index (κ3) is 5.93. The van der Waals surface area contributed by atoms with Crippen LogP contribution in [0.25, 0.3) is 6.08 Å². The Bertz CT molecular complexity index is 760. The Kier molecular flexibility index (Phi) is 7.60. The van der Waals surface area contributed by atoms with Gasteiger partial charge in [-0.25, -0.2) is 9.59 Å². The van der Waals surface area contributed by atoms with Crippen molar-refractivity contribution in [2.24, 2.45) is 0 Å². The van der Waals surface area contributed by atoms with E-state index in [4.69, 9.17) is 9.47 Å². The van der Waals surface area contributed by atoms with Crippen LogP contribution in [0.1, 0.15) is 38.2 Å². The predicted molar refractivity (Wildman–Crippen MR) is 101 cm³/mol. The molecule has 0 heterocycles. The van der Waals surface area contributed by atoms with Gasteiger partial charge in [-0.2, -0.15) is 0 Å². The van der Waals surface area contributed by atoms with E-state index in [1.165, 1.54) is 24.3 Å². The van der Waals surface area contributed by atoms with Crippen LogP contribution in [0.15, 0.2) is 24.3 Å². The summed E-state index contributed by atoms with van der Waals surface area (Å²) >= 11 is 0. The average Bonchev–Trinajstić information content (AvgIpc) is 2.67. The maximum Gasteiger partial charge on any atom is 0.338 e. The van der Waals surface area contributed by atoms with E-state index in [9.17, 15) is 35.1 Å². The van der Waals surface area contributed by atoms with E-state index in [0.717, 1.165) is 12.5 Å². The number of rotatable bonds is 7. The second-order valence-corrected chi connectivity index (χ2v) is 7.04. The van der Waals surface area contributed by atoms with Crippen molar-refractivity contribution >= 4 is 18.0 Å². The second-order valence-electron chi connectivity index (χ2n) is 7.04. The molecular weight excluding hydrogens is 384 g/mol. The second kappa shape index (κ2) is 9.73. The van der Waals surface area contributed by atoms with Crippen molar-refractivity contribution in [3.63, 3.8) is 0 Å². The van der Waals surface area contributed by atoms with Gasteiger partial charge in [-0.15, -0.1) is 0 Å². The summed E-state index contributed by atoms with van der Waals surface area (Å²) in [6, 6.07) is 3.92. The smallest absolute Gasteiger partial charge is 0.338 e. The van der Waals surface area contributed by atoms with Gasteiger partial charge < -0.3 is 35.0 Å². The number of aromatic hydroxyl groups is 2. The van der Waals surface area contributed by atoms with Crippen molar-refractivity contribution in [3.05, 3.63) is 29.8 Å². The van der Waals surface area contributed by atoms with Crippen LogP contribution < -0.4 is 0 Å². The van der Waals surface area contributed by atoms with Gasteiger partial charge in [0.15, 0.2) is 17.1 Å². The van der Waals surface area contributed by atoms with E-state index in [0.29, 0.717) is 12.0 Å². The number of carbonyl (C=O) groups is 2. The van der Waals surface area contributed by atoms with Gasteiger partial charge in [-0.1, -0.05) is 19.4 Å². The molecule has 0 aliphatic heterocycles. The van der Waals surface area contributed by atoms with Gasteiger partial charge >= 0.3 is 11.9 Å². The Hall–Kier alpha value is -2.62. The van der Waals surface area contributed by atoms with Crippen LogP contribution in [-0.2, 0) is 19.1 Å². The zero-order chi connectivity index (χ0) is 21.6. The van der Waals surface area contributed by atoms with Crippen LogP contribution in [0.4, 0.5) is 0 Å². The lowest BCUT2D eigenvalue weighted by Gasteiger charge is -2.39. The molecule has 9 heteroatoms. The number of unbranched alkanes of at least 4 members (excludes halogenated alkanes) is 1. The Morgan fingerprint density at radius 2 is 1.93 bits per heavy atom. The number of aliphatic hydroxyl groups is 3. The van der Waals surface area contributed by atoms with Crippen LogP contribution in [0.2, 0.25) is 0 Å². The standard InChI is InChI=1S/C20H26O9/c1-2-3-8-28-19(26)20(27)10-15(23)18(25)16(11-20)29-17(24)7-5-12-4-6-13(21)14(22)9-12/h4-7,9,15-16,18,21-23,25,27H,2-3,8,10-11H2,1H3/t15-,16-,18+,20-/m0/s1. The van der Waals surface area contributed by atoms with Gasteiger partial charge in [0.1, 0.15) is 12.2 Å². The number of ether oxygens (including phenoxy) is 2. The Balaban J connectivity index is 2.03. The molecule has 2 rings (SSSR count). The number of hydrogen-bond acceptors (Lipinski definition) is 9. The fraction of sp³-hybridized carbons (Fsp3) is 0.500. The lowest BCUT2D eigenvalue weighted by atomic mass is 9.79. The molecule has 4 atom stereocenters. The van der Waals surface area contributed by atoms with E-state index in [1.54, 1.807) is 0 Å². The fourth-order valence-corrected chi connectivity index (χ4v) is 2.97. The van der Waals surface area contributed by atoms with Gasteiger partial charge in [0.05, 0.1) is 12.7 Å². The topological polar surface area (TPSA) is 154 Å². The van der Waals surface area contributed by atoms with Crippen molar-refractivity contribution in [2.45, 2.75) is 56.5 Å². The zero-order valence-electron chi connectivity index (χ0n) is 16.0. The van der Waals surface area contributed by atoms with Crippen molar-refractivity contribution in [2.75, 3.05) is 6.61 Å². The monoisotopic (exact) mass is 410 g/mol. The maximum absolute atomic E-state index is 12.2. The minimum absolute atomic E-state index is 0.114. The number of aliphatic hydroxyl groups excluding tert-OH is 2. The van der Waals surface area contributed by atoms with Crippen LogP contribution in [0.5, 0.6) is 11.5 Å². The average molecular weight is 410 g/mol. The van der Waals surface area contributed by atoms with E-state index in [-0.39, 0.29) is 18.1 Å². The minimum atomic E-state index is -2.08. The number of hydrogen-bond donors (Lipinski definition) is 5. The largest absolute Gasteiger partial charge is 0.504 e. The first-order chi connectivity index (χ1) is 13.7. The Morgan fingerprint density at radius 3 is 2.59 bits per heavy atom. The molecule has 0 unspecified atom stereocenters. The summed E-state index contributed by atoms with van der Waals surface area (Å²) in [5, 5.41) is 49.4. The predicted octanol–water partition coefficient (Wildman–Crippen LogP) is 0.613. The lowest BCUT2D eigenvalue weighted by molar-refractivity contribution is -0.200. The van der Waals surface area contributed by atoms with Crippen molar-refractivity contribution in [1.82, 2.24) is 0 Å². The first kappa shape index (κ1) is 22.7. The summed E-state index contributed by atoms with van der Waals surface area (Å²) in [7, 11) is 0. The Morgan fingerprint density at radius 1 is 1.21 bits per heavy atom. The molecule has 9 nitrogen and oxygen atoms in total. The van der Waals surface area contributed by atoms with E-state index >= 15 is 0 Å². The highest BCUT2D eigenvalue weighted by molar-refractivity contribution is 5.87. The number of carbonyl (C=O) groups excluding carboxylic acids is 2. The first-order valence-corrected chi connectivity index (χ1v) is 9.32. The number of benzene rings is 1. The van der Waals surface area contributed by atoms with Gasteiger partial charge in [-0.3, -0.25) is 0 Å². The number of phenols is 2. The molecule has 0 bridgehead atoms. The third-order valence-electron chi connectivity index (χ3n) is 4.65. The highest BCUT2D eigenvalue weighted by Crippen LogP contribution is 2.32. The summed E-state index contributed by atoms with van der Waals surface area (Å²) < 4.78 is 10.1. The molecule has 1 saturated carbocycles. The van der Waals surface area contributed by atoms with Crippen LogP contribution in [0.3, 0.4) is 0 Å². The third-order valence-corrected chi connectivity index (χ3v) is 4.65. The Labute approximate surface area is 167 Å². The van der Waals surface area contributed by atoms with Gasteiger partial charge in [0, 0.05) is 18.9 Å². The molecule has 1 aliphatic carbocycles. The first-order valence-electron chi connectivity index (χ1n) is 9.32. The summed E-state index contributed by atoms with van der Waals surface area (Å²) in [6.07, 6.45) is -1.42. The van der Waals surface area contributed by atoms with Gasteiger partial charge in [0.2, 0.25) is 0 Å². The fourth-order valence-electron chi connectivity index (χ4n) is 2.97. The van der Waals surface area contributed by atoms with Crippen molar-refractivity contribution in [1.29, 1.82) is 0 Å². The number of phenolic OH excluding ortho intramolecular Hbond substituents is 2. The molecule has 0 aromatic heterocycles. The van der Waals surface area contributed by atoms with E-state index in [2.05, 4.69) is 0 Å². The molecule has 0 radical (unpaired) electrons. The molecule has 1 fully saturated rings. The van der Waals surface area contributed by atoms with Crippen LogP contribution in [0, 0.1) is 0 Å². The molecule has 160 valence electrons. The highest BCUT2D eigenvalue weighted by atomic mass is 16.6. The van der Waals surface area contributed by atoms with Crippen LogP contribution >= 0.6 is 0 Å². The summed E-state index contributed by atoms with van der Waals surface area (Å²) in [5.41, 5.74) is -1.68. The number of esters is 2. The normalized spacial score (nSPS) is 27.0. The van der Waals surface area contributed by atoms with E-state index in [1.807, 2.05) is 6.92 Å². The minimum Gasteiger partial charge on any atom is -0.504 e. The van der Waals surface area contributed by atoms with Crippen LogP contribution in [-0.4, -0.2) is 68.0 Å². The summed E-state index contributed by atoms with van der Waals surface area (Å²) in [6.45, 7) is 2.02. The molecule has 0 saturated heterocycles. The van der Waals surface area contributed by atoms with Gasteiger partial charge in [-0.05, 0) is 30.2 Å². The quantitative estimate of drug-likeness (QED) is 0.188. The molecule has 0 spiro atoms. The molecule has 1 aromatic rings. The maximum atomic E-state index is 12.2. The molecule has 29 heavy (non-hydrogen) atoms. The zero-order valence-corrected chi connectivity index (χ0v) is 16.0. The lowest BCUT2D eigenvalue weighted by Crippen LogP contribution is -2.57. The molecule has 5 N–H and O–H groups in total. The SMILES string of the molecule is CCCCOC(=O)[C@@]1(O)C[C@H](OC(=O)C=Cc2ccc(O)c(O)c2)[C@H](O)[C@@H](O)C1. The summed E-state index contributed by atoms with van der Waals surface area (Å²) in [4.78, 5) is 24.3. The molecule has 0 amide bonds. The van der Waals surface area contributed by atoms with E-state index < -0.39 is 48.7 Å². The highest BCUT2D eigenvalue weighted by Gasteiger charge is 2.51. The summed E-state index contributed by atoms with van der Waals surface area (Å²) in [5.74, 6) is -2.50. The van der Waals surface area contributed by atoms with Gasteiger partial charge in [0.25, 0.3) is 0 Å². The molecular formula is C20H26O9. The van der Waals surface area contributed by atoms with Crippen molar-refractivity contribution in [3.8, 4) is 11.5 Å². The molecule has 1 aromatic carbocycles.